The Morgan fingerprint density at radius 3 is 2.33 bits per heavy atom. The molecule has 0 saturated carbocycles. The van der Waals surface area contributed by atoms with E-state index in [9.17, 15) is 4.79 Å². The molecule has 0 N–H and O–H groups in total. The first kappa shape index (κ1) is 9.07. The lowest BCUT2D eigenvalue weighted by atomic mass is 10.1. The summed E-state index contributed by atoms with van der Waals surface area (Å²) in [5.41, 5.74) is 1.68. The molecule has 0 aliphatic heterocycles. The van der Waals surface area contributed by atoms with Crippen LogP contribution in [-0.2, 0) is 0 Å². The van der Waals surface area contributed by atoms with Crippen molar-refractivity contribution < 1.29 is 4.79 Å². The van der Waals surface area contributed by atoms with Gasteiger partial charge in [0.2, 0.25) is 0 Å². The molecule has 1 aromatic rings. The third-order valence-electron chi connectivity index (χ3n) is 1.68. The first-order valence-electron chi connectivity index (χ1n) is 3.73. The van der Waals surface area contributed by atoms with Crippen LogP contribution in [0.1, 0.15) is 29.8 Å². The molecule has 62 valence electrons. The van der Waals surface area contributed by atoms with Crippen molar-refractivity contribution in [2.45, 2.75) is 13.8 Å². The molecule has 0 fully saturated rings. The highest BCUT2D eigenvalue weighted by molar-refractivity contribution is 7.80. The SMILES string of the molecule is CC(=O)c1cccc(C(C)=S)c1. The van der Waals surface area contributed by atoms with Crippen molar-refractivity contribution in [2.24, 2.45) is 0 Å². The van der Waals surface area contributed by atoms with E-state index in [0.29, 0.717) is 0 Å². The number of ketones is 1. The van der Waals surface area contributed by atoms with Gasteiger partial charge in [0.25, 0.3) is 0 Å². The number of thiocarbonyl (C=S) groups is 1. The molecule has 1 rings (SSSR count). The van der Waals surface area contributed by atoms with E-state index in [-0.39, 0.29) is 5.78 Å². The highest BCUT2D eigenvalue weighted by Crippen LogP contribution is 2.07. The fourth-order valence-electron chi connectivity index (χ4n) is 0.957. The normalized spacial score (nSPS) is 9.50. The fraction of sp³-hybridized carbons (Fsp3) is 0.200. The topological polar surface area (TPSA) is 17.1 Å². The minimum absolute atomic E-state index is 0.0769. The van der Waals surface area contributed by atoms with E-state index in [4.69, 9.17) is 12.2 Å². The lowest BCUT2D eigenvalue weighted by molar-refractivity contribution is 0.101. The monoisotopic (exact) mass is 178 g/mol. The van der Waals surface area contributed by atoms with E-state index in [2.05, 4.69) is 0 Å². The Balaban J connectivity index is 3.12. The fourth-order valence-corrected chi connectivity index (χ4v) is 1.08. The highest BCUT2D eigenvalue weighted by atomic mass is 32.1. The number of carbonyl (C=O) groups excluding carboxylic acids is 1. The van der Waals surface area contributed by atoms with Crippen molar-refractivity contribution in [1.29, 1.82) is 0 Å². The van der Waals surface area contributed by atoms with Crippen molar-refractivity contribution >= 4 is 22.9 Å². The largest absolute Gasteiger partial charge is 0.295 e. The Morgan fingerprint density at radius 1 is 1.25 bits per heavy atom. The standard InChI is InChI=1S/C10H10OS/c1-7(11)9-4-3-5-10(6-9)8(2)12/h3-6H,1-2H3. The average molecular weight is 178 g/mol. The molecule has 12 heavy (non-hydrogen) atoms. The van der Waals surface area contributed by atoms with Crippen LogP contribution in [-0.4, -0.2) is 10.6 Å². The van der Waals surface area contributed by atoms with Crippen molar-refractivity contribution in [1.82, 2.24) is 0 Å². The molecule has 0 saturated heterocycles. The molecular formula is C10H10OS. The van der Waals surface area contributed by atoms with Crippen molar-refractivity contribution in [3.63, 3.8) is 0 Å². The van der Waals surface area contributed by atoms with Gasteiger partial charge in [-0.25, -0.2) is 0 Å². The molecule has 1 aromatic carbocycles. The summed E-state index contributed by atoms with van der Waals surface area (Å²) >= 11 is 5.00. The van der Waals surface area contributed by atoms with Crippen LogP contribution in [0.2, 0.25) is 0 Å². The zero-order valence-corrected chi connectivity index (χ0v) is 7.94. The van der Waals surface area contributed by atoms with E-state index >= 15 is 0 Å². The van der Waals surface area contributed by atoms with Gasteiger partial charge in [-0.15, -0.1) is 0 Å². The Hall–Kier alpha value is -1.02. The molecular weight excluding hydrogens is 168 g/mol. The summed E-state index contributed by atoms with van der Waals surface area (Å²) < 4.78 is 0. The van der Waals surface area contributed by atoms with Crippen LogP contribution in [0.25, 0.3) is 0 Å². The summed E-state index contributed by atoms with van der Waals surface area (Å²) in [5.74, 6) is 0.0769. The van der Waals surface area contributed by atoms with Gasteiger partial charge in [0.1, 0.15) is 0 Å². The molecule has 1 nitrogen and oxygen atoms in total. The van der Waals surface area contributed by atoms with Crippen LogP contribution < -0.4 is 0 Å². The summed E-state index contributed by atoms with van der Waals surface area (Å²) in [4.78, 5) is 11.8. The van der Waals surface area contributed by atoms with Gasteiger partial charge < -0.3 is 0 Å². The lowest BCUT2D eigenvalue weighted by Crippen LogP contribution is -1.96. The van der Waals surface area contributed by atoms with Crippen LogP contribution >= 0.6 is 12.2 Å². The predicted octanol–water partition coefficient (Wildman–Crippen LogP) is 2.63. The van der Waals surface area contributed by atoms with Crippen LogP contribution in [0.3, 0.4) is 0 Å². The van der Waals surface area contributed by atoms with Crippen LogP contribution in [0.5, 0.6) is 0 Å². The summed E-state index contributed by atoms with van der Waals surface area (Å²) in [7, 11) is 0. The maximum atomic E-state index is 11.0. The molecule has 0 aliphatic carbocycles. The summed E-state index contributed by atoms with van der Waals surface area (Å²) in [6.45, 7) is 3.41. The minimum Gasteiger partial charge on any atom is -0.295 e. The number of rotatable bonds is 2. The van der Waals surface area contributed by atoms with E-state index in [1.165, 1.54) is 0 Å². The molecule has 0 radical (unpaired) electrons. The molecule has 0 spiro atoms. The second kappa shape index (κ2) is 3.59. The molecule has 0 atom stereocenters. The van der Waals surface area contributed by atoms with E-state index < -0.39 is 0 Å². The van der Waals surface area contributed by atoms with Crippen molar-refractivity contribution in [3.05, 3.63) is 35.4 Å². The first-order valence-corrected chi connectivity index (χ1v) is 4.14. The Labute approximate surface area is 77.4 Å². The number of hydrogen-bond donors (Lipinski definition) is 0. The first-order chi connectivity index (χ1) is 5.61. The Morgan fingerprint density at radius 2 is 1.83 bits per heavy atom. The van der Waals surface area contributed by atoms with Gasteiger partial charge in [-0.3, -0.25) is 4.79 Å². The molecule has 0 heterocycles. The molecule has 0 aromatic heterocycles. The summed E-state index contributed by atoms with van der Waals surface area (Å²) in [6, 6.07) is 7.38. The molecule has 0 aliphatic rings. The molecule has 0 amide bonds. The van der Waals surface area contributed by atoms with E-state index in [1.807, 2.05) is 25.1 Å². The quantitative estimate of drug-likeness (QED) is 0.511. The summed E-state index contributed by atoms with van der Waals surface area (Å²) in [6.07, 6.45) is 0. The zero-order chi connectivity index (χ0) is 9.14. The number of carbonyl (C=O) groups is 1. The second-order valence-corrected chi connectivity index (χ2v) is 3.31. The minimum atomic E-state index is 0.0769. The van der Waals surface area contributed by atoms with Gasteiger partial charge in [-0.1, -0.05) is 30.4 Å². The van der Waals surface area contributed by atoms with Gasteiger partial charge in [0.05, 0.1) is 0 Å². The maximum absolute atomic E-state index is 11.0. The van der Waals surface area contributed by atoms with Gasteiger partial charge >= 0.3 is 0 Å². The number of Topliss-reactive ketones (excluding diaryl/α,β-unsaturated/α-hetero) is 1. The van der Waals surface area contributed by atoms with Gasteiger partial charge in [-0.05, 0) is 25.5 Å². The smallest absolute Gasteiger partial charge is 0.159 e. The van der Waals surface area contributed by atoms with Gasteiger partial charge in [-0.2, -0.15) is 0 Å². The predicted molar refractivity (Wildman–Crippen MR) is 53.8 cm³/mol. The van der Waals surface area contributed by atoms with Crippen LogP contribution in [0.4, 0.5) is 0 Å². The highest BCUT2D eigenvalue weighted by Gasteiger charge is 2.00. The van der Waals surface area contributed by atoms with Crippen molar-refractivity contribution in [3.8, 4) is 0 Å². The van der Waals surface area contributed by atoms with Gasteiger partial charge in [0, 0.05) is 10.4 Å². The Kier molecular flexibility index (Phi) is 2.71. The zero-order valence-electron chi connectivity index (χ0n) is 7.13. The van der Waals surface area contributed by atoms with E-state index in [1.54, 1.807) is 13.0 Å². The van der Waals surface area contributed by atoms with Crippen molar-refractivity contribution in [2.75, 3.05) is 0 Å². The third kappa shape index (κ3) is 1.98. The third-order valence-corrected chi connectivity index (χ3v) is 1.91. The maximum Gasteiger partial charge on any atom is 0.159 e. The number of benzene rings is 1. The second-order valence-electron chi connectivity index (χ2n) is 2.69. The van der Waals surface area contributed by atoms with E-state index in [0.717, 1.165) is 16.0 Å². The number of hydrogen-bond acceptors (Lipinski definition) is 2. The van der Waals surface area contributed by atoms with Crippen LogP contribution in [0.15, 0.2) is 24.3 Å². The molecule has 0 bridgehead atoms. The summed E-state index contributed by atoms with van der Waals surface area (Å²) in [5, 5.41) is 0. The lowest BCUT2D eigenvalue weighted by Gasteiger charge is -1.99. The average Bonchev–Trinajstić information content (AvgIpc) is 2.04. The molecule has 0 unspecified atom stereocenters. The van der Waals surface area contributed by atoms with Crippen LogP contribution in [0, 0.1) is 0 Å². The van der Waals surface area contributed by atoms with Gasteiger partial charge in [0.15, 0.2) is 5.78 Å². The molecule has 2 heteroatoms. The Bertz CT molecular complexity index is 299.